The van der Waals surface area contributed by atoms with Gasteiger partial charge in [0.15, 0.2) is 5.13 Å². The number of esters is 1. The number of rotatable bonds is 9. The fraction of sp³-hybridized carbons (Fsp3) is 0.421. The van der Waals surface area contributed by atoms with Crippen molar-refractivity contribution in [3.05, 3.63) is 40.4 Å². The van der Waals surface area contributed by atoms with Crippen LogP contribution in [0.3, 0.4) is 0 Å². The maximum atomic E-state index is 12.0. The van der Waals surface area contributed by atoms with Crippen molar-refractivity contribution >= 4 is 28.3 Å². The van der Waals surface area contributed by atoms with Crippen molar-refractivity contribution in [1.82, 2.24) is 4.98 Å². The number of nitrogens with one attached hydrogen (secondary N) is 1. The Balaban J connectivity index is 1.70. The van der Waals surface area contributed by atoms with Gasteiger partial charge in [-0.05, 0) is 38.8 Å². The number of carbonyl (C=O) groups excluding carboxylic acids is 2. The first-order valence-electron chi connectivity index (χ1n) is 8.58. The molecule has 7 heteroatoms. The van der Waals surface area contributed by atoms with Crippen molar-refractivity contribution in [1.29, 1.82) is 0 Å². The van der Waals surface area contributed by atoms with Crippen molar-refractivity contribution in [2.45, 2.75) is 40.0 Å². The van der Waals surface area contributed by atoms with E-state index >= 15 is 0 Å². The third-order valence-corrected chi connectivity index (χ3v) is 4.37. The highest BCUT2D eigenvalue weighted by Crippen LogP contribution is 2.19. The average molecular weight is 376 g/mol. The number of aromatic nitrogens is 1. The Morgan fingerprint density at radius 2 is 2.08 bits per heavy atom. The molecule has 140 valence electrons. The molecule has 0 spiro atoms. The molecule has 0 aliphatic carbocycles. The fourth-order valence-electron chi connectivity index (χ4n) is 2.36. The van der Waals surface area contributed by atoms with E-state index in [9.17, 15) is 9.59 Å². The molecule has 0 unspecified atom stereocenters. The Hall–Kier alpha value is -2.41. The summed E-state index contributed by atoms with van der Waals surface area (Å²) < 4.78 is 10.6. The minimum atomic E-state index is -0.320. The molecule has 0 atom stereocenters. The molecule has 0 saturated heterocycles. The lowest BCUT2D eigenvalue weighted by Gasteiger charge is -2.09. The SMILES string of the molecule is CCOC(=O)Cc1csc(NC(=O)CCCOc2ccc(C)cc2C)n1. The number of ether oxygens (including phenoxy) is 2. The van der Waals surface area contributed by atoms with E-state index < -0.39 is 0 Å². The summed E-state index contributed by atoms with van der Waals surface area (Å²) in [5.41, 5.74) is 2.88. The summed E-state index contributed by atoms with van der Waals surface area (Å²) in [7, 11) is 0. The van der Waals surface area contributed by atoms with Gasteiger partial charge in [0.2, 0.25) is 5.91 Å². The number of amides is 1. The minimum absolute atomic E-state index is 0.115. The molecular formula is C19H24N2O4S. The molecule has 26 heavy (non-hydrogen) atoms. The monoisotopic (exact) mass is 376 g/mol. The van der Waals surface area contributed by atoms with Crippen molar-refractivity contribution in [2.24, 2.45) is 0 Å². The Labute approximate surface area is 157 Å². The lowest BCUT2D eigenvalue weighted by molar-refractivity contribution is -0.142. The van der Waals surface area contributed by atoms with E-state index in [1.54, 1.807) is 12.3 Å². The predicted molar refractivity (Wildman–Crippen MR) is 102 cm³/mol. The summed E-state index contributed by atoms with van der Waals surface area (Å²) >= 11 is 1.30. The largest absolute Gasteiger partial charge is 0.493 e. The van der Waals surface area contributed by atoms with Crippen molar-refractivity contribution in [3.63, 3.8) is 0 Å². The number of hydrogen-bond donors (Lipinski definition) is 1. The van der Waals surface area contributed by atoms with Gasteiger partial charge in [-0.25, -0.2) is 4.98 Å². The normalized spacial score (nSPS) is 10.4. The summed E-state index contributed by atoms with van der Waals surface area (Å²) in [6.45, 7) is 6.62. The van der Waals surface area contributed by atoms with Gasteiger partial charge in [0.05, 0.1) is 25.3 Å². The average Bonchev–Trinajstić information content (AvgIpc) is 3.00. The summed E-state index contributed by atoms with van der Waals surface area (Å²) in [5, 5.41) is 4.98. The number of anilines is 1. The Morgan fingerprint density at radius 1 is 1.27 bits per heavy atom. The van der Waals surface area contributed by atoms with Gasteiger partial charge < -0.3 is 14.8 Å². The molecule has 2 rings (SSSR count). The van der Waals surface area contributed by atoms with Crippen molar-refractivity contribution in [3.8, 4) is 5.75 Å². The summed E-state index contributed by atoms with van der Waals surface area (Å²) in [4.78, 5) is 27.6. The molecule has 6 nitrogen and oxygen atoms in total. The van der Waals surface area contributed by atoms with E-state index in [0.29, 0.717) is 36.9 Å². The van der Waals surface area contributed by atoms with Crippen LogP contribution in [0.15, 0.2) is 23.6 Å². The maximum Gasteiger partial charge on any atom is 0.311 e. The lowest BCUT2D eigenvalue weighted by Crippen LogP contribution is -2.13. The van der Waals surface area contributed by atoms with E-state index in [1.807, 2.05) is 26.0 Å². The van der Waals surface area contributed by atoms with Gasteiger partial charge in [0.1, 0.15) is 5.75 Å². The van der Waals surface area contributed by atoms with Gasteiger partial charge in [0.25, 0.3) is 0 Å². The third kappa shape index (κ3) is 6.48. The molecule has 1 heterocycles. The predicted octanol–water partition coefficient (Wildman–Crippen LogP) is 3.66. The first-order valence-corrected chi connectivity index (χ1v) is 9.46. The van der Waals surface area contributed by atoms with Gasteiger partial charge in [-0.15, -0.1) is 11.3 Å². The smallest absolute Gasteiger partial charge is 0.311 e. The molecule has 0 bridgehead atoms. The second-order valence-electron chi connectivity index (χ2n) is 5.89. The van der Waals surface area contributed by atoms with Crippen molar-refractivity contribution < 1.29 is 19.1 Å². The molecule has 0 aliphatic rings. The number of aryl methyl sites for hydroxylation is 2. The second-order valence-corrected chi connectivity index (χ2v) is 6.75. The Morgan fingerprint density at radius 3 is 2.81 bits per heavy atom. The molecule has 1 N–H and O–H groups in total. The standard InChI is InChI=1S/C19H24N2O4S/c1-4-24-18(23)11-15-12-26-19(20-15)21-17(22)6-5-9-25-16-8-7-13(2)10-14(16)3/h7-8,10,12H,4-6,9,11H2,1-3H3,(H,20,21,22). The number of nitrogens with zero attached hydrogens (tertiary/aromatic N) is 1. The van der Waals surface area contributed by atoms with E-state index in [0.717, 1.165) is 11.3 Å². The molecule has 1 aromatic carbocycles. The highest BCUT2D eigenvalue weighted by Gasteiger charge is 2.10. The van der Waals surface area contributed by atoms with Crippen molar-refractivity contribution in [2.75, 3.05) is 18.5 Å². The Bertz CT molecular complexity index is 758. The molecule has 0 fully saturated rings. The molecule has 1 aromatic heterocycles. The van der Waals surface area contributed by atoms with Crippen LogP contribution in [-0.2, 0) is 20.7 Å². The summed E-state index contributed by atoms with van der Waals surface area (Å²) in [6.07, 6.45) is 1.07. The zero-order chi connectivity index (χ0) is 18.9. The van der Waals surface area contributed by atoms with Crippen LogP contribution in [0.25, 0.3) is 0 Å². The van der Waals surface area contributed by atoms with E-state index in [2.05, 4.69) is 16.4 Å². The number of hydrogen-bond acceptors (Lipinski definition) is 6. The molecular weight excluding hydrogens is 352 g/mol. The zero-order valence-corrected chi connectivity index (χ0v) is 16.1. The summed E-state index contributed by atoms with van der Waals surface area (Å²) in [6, 6.07) is 6.02. The zero-order valence-electron chi connectivity index (χ0n) is 15.3. The molecule has 0 aliphatic heterocycles. The second kappa shape index (κ2) is 9.91. The van der Waals surface area contributed by atoms with Gasteiger partial charge >= 0.3 is 5.97 Å². The molecule has 0 radical (unpaired) electrons. The topological polar surface area (TPSA) is 77.5 Å². The third-order valence-electron chi connectivity index (χ3n) is 3.57. The van der Waals surface area contributed by atoms with Gasteiger partial charge in [-0.3, -0.25) is 9.59 Å². The van der Waals surface area contributed by atoms with Crippen LogP contribution >= 0.6 is 11.3 Å². The molecule has 0 saturated carbocycles. The maximum absolute atomic E-state index is 12.0. The van der Waals surface area contributed by atoms with Gasteiger partial charge in [0, 0.05) is 11.8 Å². The fourth-order valence-corrected chi connectivity index (χ4v) is 3.09. The van der Waals surface area contributed by atoms with Crippen LogP contribution in [0, 0.1) is 13.8 Å². The van der Waals surface area contributed by atoms with Crippen LogP contribution in [0.2, 0.25) is 0 Å². The van der Waals surface area contributed by atoms with Crippen LogP contribution in [0.5, 0.6) is 5.75 Å². The molecule has 1 amide bonds. The summed E-state index contributed by atoms with van der Waals surface area (Å²) in [5.74, 6) is 0.407. The lowest BCUT2D eigenvalue weighted by atomic mass is 10.1. The van der Waals surface area contributed by atoms with Crippen LogP contribution in [-0.4, -0.2) is 30.1 Å². The van der Waals surface area contributed by atoms with Crippen LogP contribution in [0.1, 0.15) is 36.6 Å². The van der Waals surface area contributed by atoms with Crippen LogP contribution in [0.4, 0.5) is 5.13 Å². The highest BCUT2D eigenvalue weighted by molar-refractivity contribution is 7.13. The van der Waals surface area contributed by atoms with Gasteiger partial charge in [-0.1, -0.05) is 17.7 Å². The van der Waals surface area contributed by atoms with E-state index in [1.165, 1.54) is 16.9 Å². The van der Waals surface area contributed by atoms with Crippen LogP contribution < -0.4 is 10.1 Å². The van der Waals surface area contributed by atoms with Gasteiger partial charge in [-0.2, -0.15) is 0 Å². The molecule has 2 aromatic rings. The number of thiazole rings is 1. The Kier molecular flexibility index (Phi) is 7.59. The number of benzene rings is 1. The highest BCUT2D eigenvalue weighted by atomic mass is 32.1. The first-order chi connectivity index (χ1) is 12.5. The number of carbonyl (C=O) groups is 2. The van der Waals surface area contributed by atoms with E-state index in [4.69, 9.17) is 9.47 Å². The first kappa shape index (κ1) is 19.9. The van der Waals surface area contributed by atoms with E-state index in [-0.39, 0.29) is 18.3 Å². The quantitative estimate of drug-likeness (QED) is 0.534. The minimum Gasteiger partial charge on any atom is -0.493 e.